The van der Waals surface area contributed by atoms with E-state index in [0.717, 1.165) is 17.4 Å². The predicted molar refractivity (Wildman–Crippen MR) is 117 cm³/mol. The Kier molecular flexibility index (Phi) is 7.96. The van der Waals surface area contributed by atoms with Gasteiger partial charge in [0.15, 0.2) is 0 Å². The highest BCUT2D eigenvalue weighted by molar-refractivity contribution is 9.10. The highest BCUT2D eigenvalue weighted by Crippen LogP contribution is 2.34. The van der Waals surface area contributed by atoms with Gasteiger partial charge in [-0.3, -0.25) is 0 Å². The number of carbonyl (C=O) groups excluding carboxylic acids is 1. The number of carbonyl (C=O) groups is 2. The van der Waals surface area contributed by atoms with Gasteiger partial charge in [-0.2, -0.15) is 8.78 Å². The maximum Gasteiger partial charge on any atom is 0.410 e. The van der Waals surface area contributed by atoms with Gasteiger partial charge in [0.2, 0.25) is 0 Å². The summed E-state index contributed by atoms with van der Waals surface area (Å²) in [4.78, 5) is 28.7. The van der Waals surface area contributed by atoms with Crippen molar-refractivity contribution in [3.8, 4) is 0 Å². The molecule has 1 fully saturated rings. The lowest BCUT2D eigenvalue weighted by atomic mass is 10.0. The molecule has 1 aromatic carbocycles. The van der Waals surface area contributed by atoms with Crippen molar-refractivity contribution < 1.29 is 33.3 Å². The number of amides is 1. The molecule has 3 rings (SSSR count). The van der Waals surface area contributed by atoms with E-state index in [0.29, 0.717) is 28.7 Å². The van der Waals surface area contributed by atoms with Gasteiger partial charge in [0, 0.05) is 29.4 Å². The Bertz CT molecular complexity index is 1000. The van der Waals surface area contributed by atoms with E-state index >= 15 is 0 Å². The van der Waals surface area contributed by atoms with Gasteiger partial charge >= 0.3 is 18.0 Å². The number of nitrogens with zero attached hydrogens (tertiary/aromatic N) is 2. The zero-order valence-corrected chi connectivity index (χ0v) is 19.2. The fourth-order valence-electron chi connectivity index (χ4n) is 3.24. The number of aromatic carboxylic acids is 1. The zero-order valence-electron chi connectivity index (χ0n) is 16.8. The SMILES string of the molecule is O=C(O)c1cnc(CCCN2C(=O)OCC[C@@H]2/C=C/[C@@H](O)C(F)(F)c2cccc(Br)c2)s1. The van der Waals surface area contributed by atoms with Gasteiger partial charge in [0.25, 0.3) is 0 Å². The van der Waals surface area contributed by atoms with Crippen molar-refractivity contribution in [1.82, 2.24) is 9.88 Å². The van der Waals surface area contributed by atoms with Crippen molar-refractivity contribution in [3.05, 3.63) is 62.5 Å². The lowest BCUT2D eigenvalue weighted by Crippen LogP contribution is -2.45. The fourth-order valence-corrected chi connectivity index (χ4v) is 4.44. The lowest BCUT2D eigenvalue weighted by Gasteiger charge is -2.33. The topological polar surface area (TPSA) is 100.0 Å². The normalized spacial score (nSPS) is 18.1. The second-order valence-corrected chi connectivity index (χ2v) is 9.18. The molecule has 0 saturated carbocycles. The molecule has 7 nitrogen and oxygen atoms in total. The average Bonchev–Trinajstić information content (AvgIpc) is 3.23. The number of rotatable bonds is 9. The summed E-state index contributed by atoms with van der Waals surface area (Å²) in [5.41, 5.74) is -0.326. The predicted octanol–water partition coefficient (Wildman–Crippen LogP) is 4.46. The van der Waals surface area contributed by atoms with Crippen LogP contribution in [0.2, 0.25) is 0 Å². The van der Waals surface area contributed by atoms with Crippen LogP contribution >= 0.6 is 27.3 Å². The van der Waals surface area contributed by atoms with Gasteiger partial charge in [-0.25, -0.2) is 14.6 Å². The number of hydrogen-bond acceptors (Lipinski definition) is 6. The number of carboxylic acids is 1. The van der Waals surface area contributed by atoms with Gasteiger partial charge in [-0.05, 0) is 18.6 Å². The summed E-state index contributed by atoms with van der Waals surface area (Å²) in [7, 11) is 0. The second-order valence-electron chi connectivity index (χ2n) is 7.15. The van der Waals surface area contributed by atoms with Crippen molar-refractivity contribution in [2.75, 3.05) is 13.2 Å². The van der Waals surface area contributed by atoms with E-state index in [-0.39, 0.29) is 23.6 Å². The highest BCUT2D eigenvalue weighted by atomic mass is 79.9. The van der Waals surface area contributed by atoms with Crippen LogP contribution in [0.15, 0.2) is 47.1 Å². The monoisotopic (exact) mass is 530 g/mol. The molecule has 2 N–H and O–H groups in total. The molecule has 0 aliphatic carbocycles. The molecule has 0 spiro atoms. The van der Waals surface area contributed by atoms with E-state index in [1.165, 1.54) is 35.4 Å². The number of aryl methyl sites for hydroxylation is 1. The van der Waals surface area contributed by atoms with Crippen LogP contribution in [-0.4, -0.2) is 57.5 Å². The van der Waals surface area contributed by atoms with E-state index in [1.807, 2.05) is 0 Å². The van der Waals surface area contributed by atoms with E-state index in [1.54, 1.807) is 6.07 Å². The van der Waals surface area contributed by atoms with Gasteiger partial charge in [0.05, 0.1) is 23.9 Å². The lowest BCUT2D eigenvalue weighted by molar-refractivity contribution is -0.0930. The van der Waals surface area contributed by atoms with Crippen LogP contribution in [0.3, 0.4) is 0 Å². The number of alkyl halides is 2. The number of ether oxygens (including phenoxy) is 1. The smallest absolute Gasteiger partial charge is 0.410 e. The third kappa shape index (κ3) is 5.90. The minimum Gasteiger partial charge on any atom is -0.477 e. The molecular formula is C21H21BrF2N2O5S. The fraction of sp³-hybridized carbons (Fsp3) is 0.381. The Morgan fingerprint density at radius 3 is 2.94 bits per heavy atom. The number of halogens is 3. The standard InChI is InChI=1S/C21H21BrF2N2O5S/c22-14-4-1-3-13(11-14)21(23,24)17(27)7-6-15-8-10-31-20(30)26(15)9-2-5-18-25-12-16(32-18)19(28)29/h1,3-4,6-7,11-12,15,17,27H,2,5,8-10H2,(H,28,29)/b7-6+/t15-,17+/m0/s1. The van der Waals surface area contributed by atoms with Crippen LogP contribution in [0.4, 0.5) is 13.6 Å². The number of aliphatic hydroxyl groups excluding tert-OH is 1. The molecular weight excluding hydrogens is 510 g/mol. The molecule has 2 atom stereocenters. The van der Waals surface area contributed by atoms with Crippen molar-refractivity contribution in [3.63, 3.8) is 0 Å². The Morgan fingerprint density at radius 1 is 1.47 bits per heavy atom. The third-order valence-electron chi connectivity index (χ3n) is 4.92. The molecule has 2 heterocycles. The Balaban J connectivity index is 1.63. The van der Waals surface area contributed by atoms with Crippen molar-refractivity contribution in [2.45, 2.75) is 37.3 Å². The molecule has 2 aromatic rings. The first-order chi connectivity index (χ1) is 15.2. The van der Waals surface area contributed by atoms with Gasteiger partial charge in [-0.15, -0.1) is 11.3 Å². The number of aromatic nitrogens is 1. The summed E-state index contributed by atoms with van der Waals surface area (Å²) < 4.78 is 34.8. The molecule has 1 aromatic heterocycles. The maximum atomic E-state index is 14.6. The molecule has 32 heavy (non-hydrogen) atoms. The van der Waals surface area contributed by atoms with Crippen LogP contribution in [-0.2, 0) is 17.1 Å². The van der Waals surface area contributed by atoms with E-state index in [2.05, 4.69) is 20.9 Å². The number of hydrogen-bond donors (Lipinski definition) is 2. The maximum absolute atomic E-state index is 14.6. The molecule has 1 aliphatic heterocycles. The minimum absolute atomic E-state index is 0.138. The number of benzene rings is 1. The van der Waals surface area contributed by atoms with Crippen LogP contribution in [0.1, 0.15) is 33.1 Å². The third-order valence-corrected chi connectivity index (χ3v) is 6.46. The van der Waals surface area contributed by atoms with E-state index in [4.69, 9.17) is 9.84 Å². The van der Waals surface area contributed by atoms with E-state index < -0.39 is 30.1 Å². The zero-order chi connectivity index (χ0) is 23.3. The molecule has 0 unspecified atom stereocenters. The van der Waals surface area contributed by atoms with Crippen LogP contribution in [0, 0.1) is 0 Å². The molecule has 1 amide bonds. The quantitative estimate of drug-likeness (QED) is 0.464. The summed E-state index contributed by atoms with van der Waals surface area (Å²) in [5.74, 6) is -4.55. The Morgan fingerprint density at radius 2 is 2.25 bits per heavy atom. The number of carboxylic acid groups (broad SMARTS) is 1. The second kappa shape index (κ2) is 10.5. The van der Waals surface area contributed by atoms with Gasteiger partial charge in [0.1, 0.15) is 11.0 Å². The first-order valence-corrected chi connectivity index (χ1v) is 11.4. The largest absolute Gasteiger partial charge is 0.477 e. The van der Waals surface area contributed by atoms with Gasteiger partial charge in [-0.1, -0.05) is 40.2 Å². The van der Waals surface area contributed by atoms with Crippen LogP contribution < -0.4 is 0 Å². The molecule has 172 valence electrons. The summed E-state index contributed by atoms with van der Waals surface area (Å²) in [6.45, 7) is 0.421. The van der Waals surface area contributed by atoms with Gasteiger partial charge < -0.3 is 19.8 Å². The average molecular weight is 531 g/mol. The molecule has 11 heteroatoms. The summed E-state index contributed by atoms with van der Waals surface area (Å²) >= 11 is 4.21. The summed E-state index contributed by atoms with van der Waals surface area (Å²) in [5, 5.41) is 19.7. The molecule has 0 radical (unpaired) electrons. The first-order valence-electron chi connectivity index (χ1n) is 9.80. The van der Waals surface area contributed by atoms with Crippen LogP contribution in [0.5, 0.6) is 0 Å². The Labute approximate surface area is 195 Å². The minimum atomic E-state index is -3.51. The first kappa shape index (κ1) is 24.3. The molecule has 0 bridgehead atoms. The van der Waals surface area contributed by atoms with Crippen molar-refractivity contribution in [1.29, 1.82) is 0 Å². The van der Waals surface area contributed by atoms with Crippen LogP contribution in [0.25, 0.3) is 0 Å². The Hall–Kier alpha value is -2.37. The summed E-state index contributed by atoms with van der Waals surface area (Å²) in [6, 6.07) is 5.05. The highest BCUT2D eigenvalue weighted by Gasteiger charge is 2.39. The molecule has 1 saturated heterocycles. The number of cyclic esters (lactones) is 1. The summed E-state index contributed by atoms with van der Waals surface area (Å²) in [6.07, 6.45) is 2.42. The van der Waals surface area contributed by atoms with Crippen molar-refractivity contribution >= 4 is 39.3 Å². The molecule has 1 aliphatic rings. The van der Waals surface area contributed by atoms with E-state index in [9.17, 15) is 23.5 Å². The number of aliphatic hydroxyl groups is 1. The van der Waals surface area contributed by atoms with Crippen molar-refractivity contribution in [2.24, 2.45) is 0 Å². The number of thiazole rings is 1.